The van der Waals surface area contributed by atoms with Crippen LogP contribution in [0.15, 0.2) is 54.6 Å². The van der Waals surface area contributed by atoms with Crippen LogP contribution in [0.3, 0.4) is 0 Å². The van der Waals surface area contributed by atoms with E-state index in [9.17, 15) is 14.7 Å². The van der Waals surface area contributed by atoms with Gasteiger partial charge in [0.1, 0.15) is 11.4 Å². The van der Waals surface area contributed by atoms with Gasteiger partial charge in [-0.05, 0) is 49.1 Å². The Morgan fingerprint density at radius 2 is 1.93 bits per heavy atom. The normalized spacial score (nSPS) is 16.7. The molecule has 6 heteroatoms. The number of amides is 2. The van der Waals surface area contributed by atoms with Crippen molar-refractivity contribution >= 4 is 22.7 Å². The molecule has 1 aromatic heterocycles. The molecule has 1 atom stereocenters. The first-order valence-corrected chi connectivity index (χ1v) is 10.0. The zero-order valence-electron chi connectivity index (χ0n) is 16.2. The number of phenols is 1. The molecule has 2 aromatic carbocycles. The number of H-pyrrole nitrogens is 1. The number of carbonyl (C=O) groups excluding carboxylic acids is 2. The number of rotatable bonds is 5. The molecule has 0 unspecified atom stereocenters. The highest BCUT2D eigenvalue weighted by Gasteiger charge is 2.29. The Morgan fingerprint density at radius 1 is 1.14 bits per heavy atom. The summed E-state index contributed by atoms with van der Waals surface area (Å²) in [5, 5.41) is 13.3. The third kappa shape index (κ3) is 4.42. The Kier molecular flexibility index (Phi) is 5.51. The molecule has 4 rings (SSSR count). The minimum absolute atomic E-state index is 0.00192. The Hall–Kier alpha value is -3.28. The molecule has 1 saturated heterocycles. The van der Waals surface area contributed by atoms with E-state index >= 15 is 0 Å². The standard InChI is InChI=1S/C23H25N3O3/c27-19-9-7-16(8-10-19)11-12-24-22(28)18-5-3-13-26(15-18)23(29)21-14-17-4-1-2-6-20(17)25-21/h1-2,4,6-10,14,18,25,27H,3,5,11-13,15H2,(H,24,28)/t18-/m0/s1. The number of nitrogens with one attached hydrogen (secondary N) is 2. The van der Waals surface area contributed by atoms with Gasteiger partial charge in [-0.3, -0.25) is 9.59 Å². The molecule has 1 aliphatic heterocycles. The average Bonchev–Trinajstić information content (AvgIpc) is 3.19. The number of carbonyl (C=O) groups is 2. The van der Waals surface area contributed by atoms with Gasteiger partial charge in [-0.2, -0.15) is 0 Å². The van der Waals surface area contributed by atoms with Gasteiger partial charge in [0.2, 0.25) is 5.91 Å². The monoisotopic (exact) mass is 391 g/mol. The maximum absolute atomic E-state index is 12.9. The lowest BCUT2D eigenvalue weighted by atomic mass is 9.96. The minimum atomic E-state index is -0.183. The van der Waals surface area contributed by atoms with Gasteiger partial charge in [0.15, 0.2) is 0 Å². The molecule has 150 valence electrons. The van der Waals surface area contributed by atoms with Crippen molar-refractivity contribution in [2.24, 2.45) is 5.92 Å². The van der Waals surface area contributed by atoms with Gasteiger partial charge in [-0.15, -0.1) is 0 Å². The van der Waals surface area contributed by atoms with Crippen LogP contribution in [-0.4, -0.2) is 46.4 Å². The largest absolute Gasteiger partial charge is 0.508 e. The summed E-state index contributed by atoms with van der Waals surface area (Å²) in [6, 6.07) is 16.7. The molecule has 3 N–H and O–H groups in total. The number of piperidine rings is 1. The van der Waals surface area contributed by atoms with Crippen molar-refractivity contribution in [1.82, 2.24) is 15.2 Å². The van der Waals surface area contributed by atoms with Crippen molar-refractivity contribution < 1.29 is 14.7 Å². The Labute approximate surface area is 169 Å². The van der Waals surface area contributed by atoms with Gasteiger partial charge in [0.05, 0.1) is 5.92 Å². The lowest BCUT2D eigenvalue weighted by Gasteiger charge is -2.31. The van der Waals surface area contributed by atoms with E-state index in [1.807, 2.05) is 42.5 Å². The highest BCUT2D eigenvalue weighted by atomic mass is 16.3. The summed E-state index contributed by atoms with van der Waals surface area (Å²) in [5.74, 6) is -0.00247. The van der Waals surface area contributed by atoms with Crippen LogP contribution in [-0.2, 0) is 11.2 Å². The summed E-state index contributed by atoms with van der Waals surface area (Å²) in [5.41, 5.74) is 2.57. The van der Waals surface area contributed by atoms with Crippen molar-refractivity contribution in [3.05, 3.63) is 65.9 Å². The third-order valence-corrected chi connectivity index (χ3v) is 5.49. The average molecular weight is 391 g/mol. The molecule has 2 heterocycles. The highest BCUT2D eigenvalue weighted by molar-refractivity contribution is 5.98. The fourth-order valence-electron chi connectivity index (χ4n) is 3.87. The molecule has 0 aliphatic carbocycles. The molecule has 29 heavy (non-hydrogen) atoms. The van der Waals surface area contributed by atoms with Crippen molar-refractivity contribution in [3.8, 4) is 5.75 Å². The first kappa shape index (κ1) is 19.1. The summed E-state index contributed by atoms with van der Waals surface area (Å²) in [7, 11) is 0. The van der Waals surface area contributed by atoms with Crippen LogP contribution >= 0.6 is 0 Å². The van der Waals surface area contributed by atoms with E-state index in [-0.39, 0.29) is 23.5 Å². The molecule has 3 aromatic rings. The van der Waals surface area contributed by atoms with Crippen LogP contribution in [0.5, 0.6) is 5.75 Å². The predicted molar refractivity (Wildman–Crippen MR) is 112 cm³/mol. The number of hydrogen-bond donors (Lipinski definition) is 3. The number of aromatic nitrogens is 1. The van der Waals surface area contributed by atoms with Crippen molar-refractivity contribution in [1.29, 1.82) is 0 Å². The van der Waals surface area contributed by atoms with E-state index in [1.54, 1.807) is 17.0 Å². The van der Waals surface area contributed by atoms with Gasteiger partial charge in [0.25, 0.3) is 5.91 Å². The molecular formula is C23H25N3O3. The van der Waals surface area contributed by atoms with Gasteiger partial charge >= 0.3 is 0 Å². The smallest absolute Gasteiger partial charge is 0.270 e. The summed E-state index contributed by atoms with van der Waals surface area (Å²) < 4.78 is 0. The van der Waals surface area contributed by atoms with E-state index in [4.69, 9.17) is 0 Å². The number of para-hydroxylation sites is 1. The minimum Gasteiger partial charge on any atom is -0.508 e. The molecule has 0 radical (unpaired) electrons. The maximum Gasteiger partial charge on any atom is 0.270 e. The Morgan fingerprint density at radius 3 is 2.72 bits per heavy atom. The molecular weight excluding hydrogens is 366 g/mol. The first-order valence-electron chi connectivity index (χ1n) is 10.0. The van der Waals surface area contributed by atoms with Crippen LogP contribution < -0.4 is 5.32 Å². The fourth-order valence-corrected chi connectivity index (χ4v) is 3.87. The molecule has 2 amide bonds. The summed E-state index contributed by atoms with van der Waals surface area (Å²) in [6.45, 7) is 1.65. The zero-order valence-corrected chi connectivity index (χ0v) is 16.2. The van der Waals surface area contributed by atoms with E-state index in [0.717, 1.165) is 29.3 Å². The number of phenolic OH excluding ortho intramolecular Hbond substituents is 1. The molecule has 0 bridgehead atoms. The van der Waals surface area contributed by atoms with Gasteiger partial charge in [-0.25, -0.2) is 0 Å². The number of nitrogens with zero attached hydrogens (tertiary/aromatic N) is 1. The number of aromatic hydroxyl groups is 1. The second-order valence-corrected chi connectivity index (χ2v) is 7.57. The quantitative estimate of drug-likeness (QED) is 0.625. The summed E-state index contributed by atoms with van der Waals surface area (Å²) >= 11 is 0. The Bertz CT molecular complexity index is 977. The predicted octanol–water partition coefficient (Wildman–Crippen LogP) is 3.08. The van der Waals surface area contributed by atoms with Crippen LogP contribution in [0.4, 0.5) is 0 Å². The number of aromatic amines is 1. The summed E-state index contributed by atoms with van der Waals surface area (Å²) in [4.78, 5) is 30.5. The first-order chi connectivity index (χ1) is 14.1. The third-order valence-electron chi connectivity index (χ3n) is 5.49. The van der Waals surface area contributed by atoms with Crippen molar-refractivity contribution in [2.45, 2.75) is 19.3 Å². The molecule has 6 nitrogen and oxygen atoms in total. The molecule has 0 saturated carbocycles. The highest BCUT2D eigenvalue weighted by Crippen LogP contribution is 2.21. The van der Waals surface area contributed by atoms with E-state index in [0.29, 0.717) is 31.7 Å². The van der Waals surface area contributed by atoms with Crippen LogP contribution in [0.1, 0.15) is 28.9 Å². The fraction of sp³-hybridized carbons (Fsp3) is 0.304. The second-order valence-electron chi connectivity index (χ2n) is 7.57. The van der Waals surface area contributed by atoms with E-state index in [1.165, 1.54) is 0 Å². The van der Waals surface area contributed by atoms with Crippen LogP contribution in [0, 0.1) is 5.92 Å². The SMILES string of the molecule is O=C(NCCc1ccc(O)cc1)[C@H]1CCCN(C(=O)c2cc3ccccc3[nH]2)C1. The topological polar surface area (TPSA) is 85.4 Å². The van der Waals surface area contributed by atoms with Crippen LogP contribution in [0.25, 0.3) is 10.9 Å². The van der Waals surface area contributed by atoms with Gasteiger partial charge < -0.3 is 20.3 Å². The molecule has 1 aliphatic rings. The zero-order chi connectivity index (χ0) is 20.2. The summed E-state index contributed by atoms with van der Waals surface area (Å²) in [6.07, 6.45) is 2.32. The van der Waals surface area contributed by atoms with Gasteiger partial charge in [-0.1, -0.05) is 30.3 Å². The Balaban J connectivity index is 1.32. The van der Waals surface area contributed by atoms with Crippen molar-refractivity contribution in [3.63, 3.8) is 0 Å². The van der Waals surface area contributed by atoms with E-state index in [2.05, 4.69) is 10.3 Å². The molecule has 1 fully saturated rings. The number of likely N-dealkylation sites (tertiary alicyclic amines) is 1. The molecule has 0 spiro atoms. The van der Waals surface area contributed by atoms with E-state index < -0.39 is 0 Å². The second kappa shape index (κ2) is 8.39. The van der Waals surface area contributed by atoms with Crippen LogP contribution in [0.2, 0.25) is 0 Å². The number of hydrogen-bond acceptors (Lipinski definition) is 3. The lowest BCUT2D eigenvalue weighted by molar-refractivity contribution is -0.126. The maximum atomic E-state index is 12.9. The van der Waals surface area contributed by atoms with Gasteiger partial charge in [0, 0.05) is 30.5 Å². The lowest BCUT2D eigenvalue weighted by Crippen LogP contribution is -2.45. The van der Waals surface area contributed by atoms with Crippen molar-refractivity contribution in [2.75, 3.05) is 19.6 Å². The number of fused-ring (bicyclic) bond motifs is 1. The number of benzene rings is 2.